The topological polar surface area (TPSA) is 50.4 Å². The van der Waals surface area contributed by atoms with Crippen molar-refractivity contribution >= 4 is 5.91 Å². The number of hydrogen-bond donors (Lipinski definition) is 2. The number of carbonyl (C=O) groups excluding carboxylic acids is 1. The van der Waals surface area contributed by atoms with Crippen molar-refractivity contribution in [3.8, 4) is 5.75 Å². The molecule has 0 aliphatic heterocycles. The smallest absolute Gasteiger partial charge is 0.233 e. The van der Waals surface area contributed by atoms with E-state index in [1.165, 1.54) is 5.56 Å². The Kier molecular flexibility index (Phi) is 4.20. The van der Waals surface area contributed by atoms with E-state index in [-0.39, 0.29) is 5.91 Å². The molecule has 18 heavy (non-hydrogen) atoms. The number of benzene rings is 1. The van der Waals surface area contributed by atoms with E-state index in [9.17, 15) is 4.79 Å². The molecular weight excluding hydrogens is 228 g/mol. The third-order valence-electron chi connectivity index (χ3n) is 3.56. The second-order valence-electron chi connectivity index (χ2n) is 4.69. The Labute approximate surface area is 108 Å². The Morgan fingerprint density at radius 2 is 2.00 bits per heavy atom. The molecule has 2 rings (SSSR count). The fourth-order valence-corrected chi connectivity index (χ4v) is 2.26. The summed E-state index contributed by atoms with van der Waals surface area (Å²) in [6, 6.07) is 8.72. The molecule has 4 heteroatoms. The van der Waals surface area contributed by atoms with Crippen LogP contribution in [0.3, 0.4) is 0 Å². The van der Waals surface area contributed by atoms with Crippen LogP contribution in [-0.4, -0.2) is 32.7 Å². The molecule has 0 bridgehead atoms. The SMILES string of the molecule is CNC(=O)CNC1CC(c2ccc(OC)cc2)C1. The van der Waals surface area contributed by atoms with E-state index in [0.717, 1.165) is 18.6 Å². The number of carbonyl (C=O) groups is 1. The van der Waals surface area contributed by atoms with Crippen molar-refractivity contribution in [2.24, 2.45) is 0 Å². The van der Waals surface area contributed by atoms with Crippen LogP contribution in [0.2, 0.25) is 0 Å². The zero-order chi connectivity index (χ0) is 13.0. The maximum absolute atomic E-state index is 11.1. The molecule has 0 saturated heterocycles. The number of rotatable bonds is 5. The molecule has 0 unspecified atom stereocenters. The molecule has 1 aliphatic carbocycles. The number of methoxy groups -OCH3 is 1. The lowest BCUT2D eigenvalue weighted by atomic mass is 9.76. The molecule has 0 radical (unpaired) electrons. The van der Waals surface area contributed by atoms with Crippen LogP contribution in [0.5, 0.6) is 5.75 Å². The van der Waals surface area contributed by atoms with Gasteiger partial charge in [-0.1, -0.05) is 12.1 Å². The van der Waals surface area contributed by atoms with Crippen LogP contribution in [0, 0.1) is 0 Å². The van der Waals surface area contributed by atoms with Gasteiger partial charge < -0.3 is 15.4 Å². The molecule has 2 N–H and O–H groups in total. The van der Waals surface area contributed by atoms with Gasteiger partial charge in [-0.2, -0.15) is 0 Å². The minimum atomic E-state index is 0.0443. The highest BCUT2D eigenvalue weighted by atomic mass is 16.5. The van der Waals surface area contributed by atoms with Crippen LogP contribution in [0.4, 0.5) is 0 Å². The van der Waals surface area contributed by atoms with E-state index < -0.39 is 0 Å². The highest BCUT2D eigenvalue weighted by Crippen LogP contribution is 2.37. The zero-order valence-electron chi connectivity index (χ0n) is 10.9. The molecule has 1 amide bonds. The number of nitrogens with one attached hydrogen (secondary N) is 2. The lowest BCUT2D eigenvalue weighted by molar-refractivity contribution is -0.120. The monoisotopic (exact) mass is 248 g/mol. The summed E-state index contributed by atoms with van der Waals surface area (Å²) in [5, 5.41) is 5.86. The Morgan fingerprint density at radius 3 is 2.56 bits per heavy atom. The van der Waals surface area contributed by atoms with Gasteiger partial charge in [0.25, 0.3) is 0 Å². The molecule has 1 fully saturated rings. The molecular formula is C14H20N2O2. The van der Waals surface area contributed by atoms with E-state index in [1.54, 1.807) is 14.2 Å². The van der Waals surface area contributed by atoms with Gasteiger partial charge in [0.1, 0.15) is 5.75 Å². The Hall–Kier alpha value is -1.55. The van der Waals surface area contributed by atoms with Crippen molar-refractivity contribution in [1.82, 2.24) is 10.6 Å². The maximum atomic E-state index is 11.1. The Morgan fingerprint density at radius 1 is 1.33 bits per heavy atom. The van der Waals surface area contributed by atoms with Gasteiger partial charge in [0.15, 0.2) is 0 Å². The predicted octanol–water partition coefficient (Wildman–Crippen LogP) is 1.28. The number of amides is 1. The van der Waals surface area contributed by atoms with Crippen LogP contribution >= 0.6 is 0 Å². The minimum absolute atomic E-state index is 0.0443. The minimum Gasteiger partial charge on any atom is -0.497 e. The van der Waals surface area contributed by atoms with Crippen molar-refractivity contribution in [2.45, 2.75) is 24.8 Å². The third kappa shape index (κ3) is 3.01. The second-order valence-corrected chi connectivity index (χ2v) is 4.69. The molecule has 98 valence electrons. The third-order valence-corrected chi connectivity index (χ3v) is 3.56. The normalized spacial score (nSPS) is 22.1. The van der Waals surface area contributed by atoms with Gasteiger partial charge >= 0.3 is 0 Å². The fourth-order valence-electron chi connectivity index (χ4n) is 2.26. The van der Waals surface area contributed by atoms with Crippen molar-refractivity contribution in [1.29, 1.82) is 0 Å². The fraction of sp³-hybridized carbons (Fsp3) is 0.500. The van der Waals surface area contributed by atoms with Crippen LogP contribution in [0.25, 0.3) is 0 Å². The maximum Gasteiger partial charge on any atom is 0.233 e. The van der Waals surface area contributed by atoms with Gasteiger partial charge in [-0.05, 0) is 36.5 Å². The van der Waals surface area contributed by atoms with E-state index >= 15 is 0 Å². The average Bonchev–Trinajstić information content (AvgIpc) is 2.37. The van der Waals surface area contributed by atoms with Gasteiger partial charge in [0, 0.05) is 13.1 Å². The first kappa shape index (κ1) is 12.9. The van der Waals surface area contributed by atoms with Gasteiger partial charge in [-0.25, -0.2) is 0 Å². The standard InChI is InChI=1S/C14H20N2O2/c1-15-14(17)9-16-12-7-11(8-12)10-3-5-13(18-2)6-4-10/h3-6,11-12,16H,7-9H2,1-2H3,(H,15,17). The molecule has 4 nitrogen and oxygen atoms in total. The summed E-state index contributed by atoms with van der Waals surface area (Å²) in [4.78, 5) is 11.1. The lowest BCUT2D eigenvalue weighted by Crippen LogP contribution is -2.44. The first-order valence-electron chi connectivity index (χ1n) is 6.31. The van der Waals surface area contributed by atoms with Crippen molar-refractivity contribution in [2.75, 3.05) is 20.7 Å². The van der Waals surface area contributed by atoms with Crippen molar-refractivity contribution in [3.63, 3.8) is 0 Å². The van der Waals surface area contributed by atoms with E-state index in [2.05, 4.69) is 22.8 Å². The highest BCUT2D eigenvalue weighted by Gasteiger charge is 2.29. The molecule has 1 aliphatic rings. The molecule has 0 heterocycles. The van der Waals surface area contributed by atoms with Gasteiger partial charge in [-0.3, -0.25) is 4.79 Å². The first-order valence-corrected chi connectivity index (χ1v) is 6.31. The Bertz CT molecular complexity index is 397. The predicted molar refractivity (Wildman–Crippen MR) is 70.8 cm³/mol. The Balaban J connectivity index is 1.76. The van der Waals surface area contributed by atoms with Crippen LogP contribution in [-0.2, 0) is 4.79 Å². The summed E-state index contributed by atoms with van der Waals surface area (Å²) in [5.41, 5.74) is 1.36. The average molecular weight is 248 g/mol. The summed E-state index contributed by atoms with van der Waals surface area (Å²) in [5.74, 6) is 1.55. The molecule has 1 saturated carbocycles. The summed E-state index contributed by atoms with van der Waals surface area (Å²) in [6.45, 7) is 0.413. The van der Waals surface area contributed by atoms with Crippen LogP contribution < -0.4 is 15.4 Å². The molecule has 0 spiro atoms. The quantitative estimate of drug-likeness (QED) is 0.825. The first-order chi connectivity index (χ1) is 8.72. The lowest BCUT2D eigenvalue weighted by Gasteiger charge is -2.36. The highest BCUT2D eigenvalue weighted by molar-refractivity contribution is 5.77. The molecule has 1 aromatic rings. The van der Waals surface area contributed by atoms with E-state index in [0.29, 0.717) is 18.5 Å². The van der Waals surface area contributed by atoms with Gasteiger partial charge in [0.05, 0.1) is 13.7 Å². The molecule has 0 atom stereocenters. The van der Waals surface area contributed by atoms with Crippen LogP contribution in [0.1, 0.15) is 24.3 Å². The zero-order valence-corrected chi connectivity index (χ0v) is 10.9. The molecule has 1 aromatic carbocycles. The summed E-state index contributed by atoms with van der Waals surface area (Å²) >= 11 is 0. The van der Waals surface area contributed by atoms with Crippen molar-refractivity contribution < 1.29 is 9.53 Å². The molecule has 0 aromatic heterocycles. The number of likely N-dealkylation sites (N-methyl/N-ethyl adjacent to an activating group) is 1. The largest absolute Gasteiger partial charge is 0.497 e. The summed E-state index contributed by atoms with van der Waals surface area (Å²) in [6.07, 6.45) is 2.20. The van der Waals surface area contributed by atoms with E-state index in [1.807, 2.05) is 12.1 Å². The van der Waals surface area contributed by atoms with Crippen molar-refractivity contribution in [3.05, 3.63) is 29.8 Å². The number of ether oxygens (including phenoxy) is 1. The van der Waals surface area contributed by atoms with Gasteiger partial charge in [0.2, 0.25) is 5.91 Å². The second kappa shape index (κ2) is 5.87. The summed E-state index contributed by atoms with van der Waals surface area (Å²) in [7, 11) is 3.34. The van der Waals surface area contributed by atoms with Crippen LogP contribution in [0.15, 0.2) is 24.3 Å². The summed E-state index contributed by atoms with van der Waals surface area (Å²) < 4.78 is 5.14. The number of hydrogen-bond acceptors (Lipinski definition) is 3. The van der Waals surface area contributed by atoms with Gasteiger partial charge in [-0.15, -0.1) is 0 Å². The van der Waals surface area contributed by atoms with E-state index in [4.69, 9.17) is 4.74 Å².